The number of nitrogens with zero attached hydrogens (tertiary/aromatic N) is 1. The van der Waals surface area contributed by atoms with E-state index in [9.17, 15) is 13.2 Å². The number of esters is 1. The standard InChI is InChI=1S/C10H14N2O5S.ClH/c1-16-10(13)8-6-9(17-7-8)18(14,15)12-4-2-11-3-5-12;/h6-7,11H,2-5H2,1H3;1H. The Kier molecular flexibility index (Phi) is 5.36. The Bertz CT molecular complexity index is 536. The minimum atomic E-state index is -3.66. The largest absolute Gasteiger partial charge is 0.465 e. The molecule has 1 saturated heterocycles. The second-order valence-corrected chi connectivity index (χ2v) is 5.67. The van der Waals surface area contributed by atoms with E-state index in [1.807, 2.05) is 0 Å². The van der Waals surface area contributed by atoms with Gasteiger partial charge in [-0.25, -0.2) is 13.2 Å². The summed E-state index contributed by atoms with van der Waals surface area (Å²) in [6.07, 6.45) is 1.08. The van der Waals surface area contributed by atoms with Crippen molar-refractivity contribution in [2.45, 2.75) is 5.09 Å². The molecule has 1 aromatic rings. The highest BCUT2D eigenvalue weighted by molar-refractivity contribution is 7.89. The Hall–Kier alpha value is -1.09. The molecular formula is C10H15ClN2O5S. The van der Waals surface area contributed by atoms with Gasteiger partial charge in [0.1, 0.15) is 6.26 Å². The molecule has 19 heavy (non-hydrogen) atoms. The van der Waals surface area contributed by atoms with E-state index >= 15 is 0 Å². The van der Waals surface area contributed by atoms with Gasteiger partial charge in [-0.15, -0.1) is 12.4 Å². The van der Waals surface area contributed by atoms with Crippen LogP contribution in [0.2, 0.25) is 0 Å². The minimum absolute atomic E-state index is 0. The van der Waals surface area contributed by atoms with Gasteiger partial charge in [-0.1, -0.05) is 0 Å². The molecule has 1 fully saturated rings. The number of nitrogens with one attached hydrogen (secondary N) is 1. The minimum Gasteiger partial charge on any atom is -0.465 e. The van der Waals surface area contributed by atoms with Gasteiger partial charge in [-0.05, 0) is 0 Å². The smallest absolute Gasteiger partial charge is 0.341 e. The lowest BCUT2D eigenvalue weighted by Crippen LogP contribution is -2.46. The summed E-state index contributed by atoms with van der Waals surface area (Å²) in [5.74, 6) is -0.625. The number of carbonyl (C=O) groups excluding carboxylic acids is 1. The van der Waals surface area contributed by atoms with Crippen molar-refractivity contribution >= 4 is 28.4 Å². The van der Waals surface area contributed by atoms with Crippen molar-refractivity contribution in [2.75, 3.05) is 33.3 Å². The number of carbonyl (C=O) groups is 1. The molecule has 2 heterocycles. The van der Waals surface area contributed by atoms with Gasteiger partial charge in [0.15, 0.2) is 0 Å². The Labute approximate surface area is 117 Å². The molecule has 0 amide bonds. The number of sulfonamides is 1. The zero-order valence-corrected chi connectivity index (χ0v) is 11.9. The Balaban J connectivity index is 0.00000180. The number of hydrogen-bond acceptors (Lipinski definition) is 6. The van der Waals surface area contributed by atoms with Crippen molar-refractivity contribution in [3.63, 3.8) is 0 Å². The number of hydrogen-bond donors (Lipinski definition) is 1. The first-order chi connectivity index (χ1) is 8.55. The van der Waals surface area contributed by atoms with Crippen LogP contribution in [-0.2, 0) is 14.8 Å². The van der Waals surface area contributed by atoms with Crippen molar-refractivity contribution in [1.82, 2.24) is 9.62 Å². The zero-order chi connectivity index (χ0) is 13.2. The SMILES string of the molecule is COC(=O)c1coc(S(=O)(=O)N2CCNCC2)c1.Cl. The Morgan fingerprint density at radius 2 is 2.05 bits per heavy atom. The molecule has 1 aliphatic rings. The maximum atomic E-state index is 12.2. The molecule has 0 saturated carbocycles. The van der Waals surface area contributed by atoms with Crippen LogP contribution in [0, 0.1) is 0 Å². The predicted molar refractivity (Wildman–Crippen MR) is 68.9 cm³/mol. The van der Waals surface area contributed by atoms with Crippen LogP contribution in [0.1, 0.15) is 10.4 Å². The van der Waals surface area contributed by atoms with E-state index < -0.39 is 16.0 Å². The number of piperazine rings is 1. The predicted octanol–water partition coefficient (Wildman–Crippen LogP) is 0.0819. The van der Waals surface area contributed by atoms with Crippen molar-refractivity contribution in [1.29, 1.82) is 0 Å². The third-order valence-corrected chi connectivity index (χ3v) is 4.43. The molecule has 0 aromatic carbocycles. The average Bonchev–Trinajstić information content (AvgIpc) is 2.89. The monoisotopic (exact) mass is 310 g/mol. The highest BCUT2D eigenvalue weighted by Crippen LogP contribution is 2.19. The summed E-state index contributed by atoms with van der Waals surface area (Å²) in [7, 11) is -2.44. The first kappa shape index (κ1) is 16.0. The van der Waals surface area contributed by atoms with Gasteiger partial charge in [-0.3, -0.25) is 0 Å². The van der Waals surface area contributed by atoms with Crippen molar-refractivity contribution in [3.8, 4) is 0 Å². The van der Waals surface area contributed by atoms with Gasteiger partial charge in [-0.2, -0.15) is 4.31 Å². The van der Waals surface area contributed by atoms with Crippen molar-refractivity contribution in [3.05, 3.63) is 17.9 Å². The maximum Gasteiger partial charge on any atom is 0.341 e. The summed E-state index contributed by atoms with van der Waals surface area (Å²) < 4.78 is 35.1. The number of halogens is 1. The van der Waals surface area contributed by atoms with E-state index in [-0.39, 0.29) is 23.1 Å². The van der Waals surface area contributed by atoms with Crippen LogP contribution in [0.5, 0.6) is 0 Å². The van der Waals surface area contributed by atoms with Crippen molar-refractivity contribution < 1.29 is 22.4 Å². The van der Waals surface area contributed by atoms with Crippen LogP contribution >= 0.6 is 12.4 Å². The third kappa shape index (κ3) is 3.27. The fourth-order valence-corrected chi connectivity index (χ4v) is 3.05. The van der Waals surface area contributed by atoms with Gasteiger partial charge >= 0.3 is 5.97 Å². The molecule has 2 rings (SSSR count). The molecule has 1 aromatic heterocycles. The normalized spacial score (nSPS) is 16.7. The van der Waals surface area contributed by atoms with E-state index in [2.05, 4.69) is 10.1 Å². The quantitative estimate of drug-likeness (QED) is 0.796. The topological polar surface area (TPSA) is 88.8 Å². The first-order valence-corrected chi connectivity index (χ1v) is 6.87. The zero-order valence-electron chi connectivity index (χ0n) is 10.3. The van der Waals surface area contributed by atoms with Crippen LogP contribution in [0.4, 0.5) is 0 Å². The Morgan fingerprint density at radius 3 is 2.63 bits per heavy atom. The second-order valence-electron chi connectivity index (χ2n) is 3.80. The maximum absolute atomic E-state index is 12.2. The summed E-state index contributed by atoms with van der Waals surface area (Å²) in [5, 5.41) is 2.83. The van der Waals surface area contributed by atoms with E-state index in [4.69, 9.17) is 4.42 Å². The van der Waals surface area contributed by atoms with Crippen LogP contribution in [-0.4, -0.2) is 52.0 Å². The number of methoxy groups -OCH3 is 1. The summed E-state index contributed by atoms with van der Waals surface area (Å²) in [6.45, 7) is 1.97. The second kappa shape index (κ2) is 6.38. The van der Waals surface area contributed by atoms with Crippen molar-refractivity contribution in [2.24, 2.45) is 0 Å². The molecule has 0 bridgehead atoms. The first-order valence-electron chi connectivity index (χ1n) is 5.43. The summed E-state index contributed by atoms with van der Waals surface area (Å²) in [4.78, 5) is 11.2. The number of rotatable bonds is 3. The van der Waals surface area contributed by atoms with E-state index in [0.29, 0.717) is 26.2 Å². The van der Waals surface area contributed by atoms with E-state index in [0.717, 1.165) is 6.26 Å². The molecule has 9 heteroatoms. The molecule has 1 aliphatic heterocycles. The van der Waals surface area contributed by atoms with Gasteiger partial charge in [0.25, 0.3) is 10.0 Å². The van der Waals surface area contributed by atoms with Crippen LogP contribution in [0.15, 0.2) is 21.8 Å². The van der Waals surface area contributed by atoms with Gasteiger partial charge in [0, 0.05) is 32.2 Å². The fraction of sp³-hybridized carbons (Fsp3) is 0.500. The summed E-state index contributed by atoms with van der Waals surface area (Å²) in [6, 6.07) is 1.18. The summed E-state index contributed by atoms with van der Waals surface area (Å²) in [5.41, 5.74) is 0.0891. The van der Waals surface area contributed by atoms with Gasteiger partial charge in [0.05, 0.1) is 12.7 Å². The van der Waals surface area contributed by atoms with Gasteiger partial charge in [0.2, 0.25) is 5.09 Å². The fourth-order valence-electron chi connectivity index (χ4n) is 1.69. The number of ether oxygens (including phenoxy) is 1. The van der Waals surface area contributed by atoms with Crippen LogP contribution < -0.4 is 5.32 Å². The molecular weight excluding hydrogens is 296 g/mol. The highest BCUT2D eigenvalue weighted by atomic mass is 35.5. The lowest BCUT2D eigenvalue weighted by atomic mass is 10.3. The number of furan rings is 1. The van der Waals surface area contributed by atoms with E-state index in [1.165, 1.54) is 17.5 Å². The Morgan fingerprint density at radius 1 is 1.42 bits per heavy atom. The molecule has 0 aliphatic carbocycles. The third-order valence-electron chi connectivity index (χ3n) is 2.67. The molecule has 0 unspecified atom stereocenters. The molecule has 0 spiro atoms. The average molecular weight is 311 g/mol. The molecule has 0 atom stereocenters. The van der Waals surface area contributed by atoms with E-state index in [1.54, 1.807) is 0 Å². The summed E-state index contributed by atoms with van der Waals surface area (Å²) >= 11 is 0. The van der Waals surface area contributed by atoms with Crippen LogP contribution in [0.3, 0.4) is 0 Å². The molecule has 108 valence electrons. The molecule has 1 N–H and O–H groups in total. The lowest BCUT2D eigenvalue weighted by Gasteiger charge is -2.25. The lowest BCUT2D eigenvalue weighted by molar-refractivity contribution is 0.0600. The molecule has 7 nitrogen and oxygen atoms in total. The van der Waals surface area contributed by atoms with Crippen LogP contribution in [0.25, 0.3) is 0 Å². The molecule has 0 radical (unpaired) electrons. The highest BCUT2D eigenvalue weighted by Gasteiger charge is 2.29. The van der Waals surface area contributed by atoms with Gasteiger partial charge < -0.3 is 14.5 Å².